The molecule has 1 spiro atoms. The SMILES string of the molecule is C=CC.COC(=O)C1CC2(C=C(C3=CCC4(C)C(CCC5(C)C4CCC4[C@H]6CCCC6(N)CC[C@]45C)C3(C)C)C2)C1. The maximum Gasteiger partial charge on any atom is 0.308 e. The zero-order valence-electron chi connectivity index (χ0n) is 27.4. The fourth-order valence-corrected chi connectivity index (χ4v) is 13.2. The maximum atomic E-state index is 12.0. The van der Waals surface area contributed by atoms with Crippen molar-refractivity contribution >= 4 is 5.97 Å². The number of nitrogens with two attached hydrogens (primary N) is 1. The first-order chi connectivity index (χ1) is 19.2. The normalized spacial score (nSPS) is 50.6. The van der Waals surface area contributed by atoms with Gasteiger partial charge in [0.15, 0.2) is 0 Å². The van der Waals surface area contributed by atoms with Gasteiger partial charge in [0.1, 0.15) is 0 Å². The van der Waals surface area contributed by atoms with Gasteiger partial charge in [0.2, 0.25) is 0 Å². The molecule has 0 heterocycles. The number of methoxy groups -OCH3 is 1. The van der Waals surface area contributed by atoms with E-state index >= 15 is 0 Å². The van der Waals surface area contributed by atoms with E-state index in [1.165, 1.54) is 77.7 Å². The standard InChI is InChI=1S/C35H53NO2.C3H6/c1-30(2)24(22-18-34(19-22)20-23(21-34)29(37)38-6)11-14-31(3)27(30)12-15-33(5)28(31)10-9-25-26-8-7-13-35(26,36)17-16-32(25,33)4;1-3-2/h11,18,23,25-28H,7-10,12-17,19-21,36H2,1-6H3;3H,1H2,2H3/t23?,25?,26-,27?,28?,31?,32-,33?,34?,35?;/m1./s1. The van der Waals surface area contributed by atoms with E-state index in [-0.39, 0.29) is 28.3 Å². The van der Waals surface area contributed by atoms with E-state index in [9.17, 15) is 4.79 Å². The van der Waals surface area contributed by atoms with Gasteiger partial charge in [-0.05, 0) is 146 Å². The third-order valence-corrected chi connectivity index (χ3v) is 15.2. The van der Waals surface area contributed by atoms with E-state index in [0.29, 0.717) is 16.2 Å². The Balaban J connectivity index is 0.000000967. The van der Waals surface area contributed by atoms with Crippen LogP contribution in [0.2, 0.25) is 0 Å². The lowest BCUT2D eigenvalue weighted by Crippen LogP contribution is -2.66. The lowest BCUT2D eigenvalue weighted by atomic mass is 9.33. The van der Waals surface area contributed by atoms with Crippen LogP contribution in [0.5, 0.6) is 0 Å². The number of esters is 1. The Morgan fingerprint density at radius 1 is 0.951 bits per heavy atom. The lowest BCUT2D eigenvalue weighted by Gasteiger charge is -2.72. The summed E-state index contributed by atoms with van der Waals surface area (Å²) in [4.78, 5) is 12.0. The van der Waals surface area contributed by atoms with Gasteiger partial charge in [0.05, 0.1) is 13.0 Å². The van der Waals surface area contributed by atoms with Crippen LogP contribution in [0.15, 0.2) is 36.0 Å². The van der Waals surface area contributed by atoms with Crippen molar-refractivity contribution in [3.05, 3.63) is 36.0 Å². The minimum Gasteiger partial charge on any atom is -0.469 e. The summed E-state index contributed by atoms with van der Waals surface area (Å²) in [6.45, 7) is 18.6. The second-order valence-corrected chi connectivity index (χ2v) is 17.2. The molecule has 8 atom stereocenters. The van der Waals surface area contributed by atoms with Crippen LogP contribution in [0.3, 0.4) is 0 Å². The minimum absolute atomic E-state index is 0.0119. The van der Waals surface area contributed by atoms with E-state index in [1.807, 2.05) is 6.92 Å². The Kier molecular flexibility index (Phi) is 6.94. The predicted octanol–water partition coefficient (Wildman–Crippen LogP) is 9.18. The monoisotopic (exact) mass is 561 g/mol. The Morgan fingerprint density at radius 3 is 2.29 bits per heavy atom. The van der Waals surface area contributed by atoms with Crippen molar-refractivity contribution in [1.29, 1.82) is 0 Å². The Labute approximate surface area is 251 Å². The molecule has 0 radical (unpaired) electrons. The van der Waals surface area contributed by atoms with Gasteiger partial charge in [0, 0.05) is 5.54 Å². The van der Waals surface area contributed by atoms with Gasteiger partial charge in [-0.25, -0.2) is 0 Å². The van der Waals surface area contributed by atoms with Crippen molar-refractivity contribution in [3.8, 4) is 0 Å². The molecule has 5 fully saturated rings. The van der Waals surface area contributed by atoms with Crippen LogP contribution in [0.1, 0.15) is 125 Å². The molecule has 0 aromatic rings. The molecular weight excluding hydrogens is 502 g/mol. The highest BCUT2D eigenvalue weighted by Crippen LogP contribution is 2.76. The van der Waals surface area contributed by atoms with Gasteiger partial charge in [-0.3, -0.25) is 4.79 Å². The number of rotatable bonds is 2. The van der Waals surface area contributed by atoms with Gasteiger partial charge < -0.3 is 10.5 Å². The van der Waals surface area contributed by atoms with Crippen molar-refractivity contribution in [1.82, 2.24) is 0 Å². The number of hydrogen-bond acceptors (Lipinski definition) is 3. The van der Waals surface area contributed by atoms with Gasteiger partial charge in [-0.2, -0.15) is 0 Å². The second-order valence-electron chi connectivity index (χ2n) is 17.2. The van der Waals surface area contributed by atoms with Gasteiger partial charge >= 0.3 is 5.97 Å². The van der Waals surface area contributed by atoms with Crippen LogP contribution >= 0.6 is 0 Å². The fourth-order valence-electron chi connectivity index (χ4n) is 13.2. The second kappa shape index (κ2) is 9.57. The molecular formula is C38H59NO2. The Bertz CT molecular complexity index is 1160. The largest absolute Gasteiger partial charge is 0.469 e. The highest BCUT2D eigenvalue weighted by Gasteiger charge is 2.69. The smallest absolute Gasteiger partial charge is 0.308 e. The van der Waals surface area contributed by atoms with Crippen molar-refractivity contribution in [3.63, 3.8) is 0 Å². The zero-order valence-corrected chi connectivity index (χ0v) is 27.4. The Hall–Kier alpha value is -1.35. The average Bonchev–Trinajstić information content (AvgIpc) is 3.26. The van der Waals surface area contributed by atoms with Crippen LogP contribution in [0, 0.1) is 56.7 Å². The van der Waals surface area contributed by atoms with Crippen LogP contribution < -0.4 is 5.73 Å². The molecule has 0 amide bonds. The molecule has 7 rings (SSSR count). The summed E-state index contributed by atoms with van der Waals surface area (Å²) < 4.78 is 5.00. The average molecular weight is 562 g/mol. The molecule has 0 bridgehead atoms. The molecule has 0 aliphatic heterocycles. The number of hydrogen-bond donors (Lipinski definition) is 1. The highest BCUT2D eigenvalue weighted by molar-refractivity contribution is 5.74. The molecule has 228 valence electrons. The van der Waals surface area contributed by atoms with Gasteiger partial charge in [0.25, 0.3) is 0 Å². The molecule has 7 aliphatic rings. The minimum atomic E-state index is -0.0119. The predicted molar refractivity (Wildman–Crippen MR) is 169 cm³/mol. The molecule has 2 N–H and O–H groups in total. The summed E-state index contributed by atoms with van der Waals surface area (Å²) in [7, 11) is 1.53. The number of carbonyl (C=O) groups is 1. The molecule has 0 aromatic carbocycles. The van der Waals surface area contributed by atoms with Crippen molar-refractivity contribution in [2.75, 3.05) is 7.11 Å². The van der Waals surface area contributed by atoms with Crippen LogP contribution in [0.4, 0.5) is 0 Å². The van der Waals surface area contributed by atoms with E-state index in [2.05, 4.69) is 53.3 Å². The molecule has 0 aromatic heterocycles. The molecule has 3 nitrogen and oxygen atoms in total. The summed E-state index contributed by atoms with van der Waals surface area (Å²) in [6, 6.07) is 0. The third-order valence-electron chi connectivity index (χ3n) is 15.2. The molecule has 5 saturated carbocycles. The number of allylic oxidation sites excluding steroid dienone is 5. The van der Waals surface area contributed by atoms with E-state index in [1.54, 1.807) is 17.2 Å². The maximum absolute atomic E-state index is 12.0. The molecule has 3 heteroatoms. The highest BCUT2D eigenvalue weighted by atomic mass is 16.5. The lowest BCUT2D eigenvalue weighted by molar-refractivity contribution is -0.216. The van der Waals surface area contributed by atoms with Crippen molar-refractivity contribution < 1.29 is 9.53 Å². The number of carbonyl (C=O) groups excluding carboxylic acids is 1. The van der Waals surface area contributed by atoms with Crippen molar-refractivity contribution in [2.45, 2.75) is 131 Å². The van der Waals surface area contributed by atoms with Crippen LogP contribution in [-0.2, 0) is 9.53 Å². The van der Waals surface area contributed by atoms with Crippen LogP contribution in [-0.4, -0.2) is 18.6 Å². The fraction of sp³-hybridized carbons (Fsp3) is 0.816. The van der Waals surface area contributed by atoms with Gasteiger partial charge in [-0.1, -0.05) is 59.3 Å². The Morgan fingerprint density at radius 2 is 1.63 bits per heavy atom. The molecule has 41 heavy (non-hydrogen) atoms. The topological polar surface area (TPSA) is 52.3 Å². The van der Waals surface area contributed by atoms with E-state index in [4.69, 9.17) is 10.5 Å². The first-order valence-corrected chi connectivity index (χ1v) is 17.1. The van der Waals surface area contributed by atoms with E-state index in [0.717, 1.165) is 36.5 Å². The van der Waals surface area contributed by atoms with Crippen molar-refractivity contribution in [2.24, 2.45) is 62.4 Å². The van der Waals surface area contributed by atoms with Gasteiger partial charge in [-0.15, -0.1) is 6.58 Å². The summed E-state index contributed by atoms with van der Waals surface area (Å²) in [5.41, 5.74) is 12.2. The van der Waals surface area contributed by atoms with Crippen LogP contribution in [0.25, 0.3) is 0 Å². The summed E-state index contributed by atoms with van der Waals surface area (Å²) in [6.07, 6.45) is 23.6. The summed E-state index contributed by atoms with van der Waals surface area (Å²) in [5, 5.41) is 0. The first-order valence-electron chi connectivity index (χ1n) is 17.1. The molecule has 6 unspecified atom stereocenters. The molecule has 0 saturated heterocycles. The number of ether oxygens (including phenoxy) is 1. The first kappa shape index (κ1) is 29.7. The summed E-state index contributed by atoms with van der Waals surface area (Å²) in [5.74, 6) is 3.27. The zero-order chi connectivity index (χ0) is 29.6. The quantitative estimate of drug-likeness (QED) is 0.270. The number of fused-ring (bicyclic) bond motifs is 7. The summed E-state index contributed by atoms with van der Waals surface area (Å²) >= 11 is 0. The third kappa shape index (κ3) is 3.95. The molecule has 7 aliphatic carbocycles. The van der Waals surface area contributed by atoms with E-state index < -0.39 is 0 Å².